The SMILES string of the molecule is CN(Cc1ccccc1)S(=O)(=O)c1ccc(C(=O)N2CCC(c3nc4ccccc4s3)CC2)cc1. The molecule has 6 nitrogen and oxygen atoms in total. The summed E-state index contributed by atoms with van der Waals surface area (Å²) in [6.07, 6.45) is 1.75. The Balaban J connectivity index is 1.22. The Morgan fingerprint density at radius 2 is 1.63 bits per heavy atom. The number of hydrogen-bond acceptors (Lipinski definition) is 5. The van der Waals surface area contributed by atoms with Crippen molar-refractivity contribution in [2.45, 2.75) is 30.2 Å². The zero-order chi connectivity index (χ0) is 24.4. The van der Waals surface area contributed by atoms with Crippen molar-refractivity contribution in [1.82, 2.24) is 14.2 Å². The van der Waals surface area contributed by atoms with Gasteiger partial charge in [-0.25, -0.2) is 13.4 Å². The predicted octanol–water partition coefficient (Wildman–Crippen LogP) is 5.14. The van der Waals surface area contributed by atoms with Crippen molar-refractivity contribution in [2.75, 3.05) is 20.1 Å². The van der Waals surface area contributed by atoms with Crippen LogP contribution < -0.4 is 0 Å². The number of benzene rings is 3. The largest absolute Gasteiger partial charge is 0.339 e. The minimum atomic E-state index is -3.65. The van der Waals surface area contributed by atoms with Gasteiger partial charge in [0.25, 0.3) is 5.91 Å². The molecule has 1 fully saturated rings. The number of likely N-dealkylation sites (tertiary alicyclic amines) is 1. The van der Waals surface area contributed by atoms with Crippen LogP contribution in [-0.2, 0) is 16.6 Å². The number of thiazole rings is 1. The van der Waals surface area contributed by atoms with Crippen LogP contribution in [0.3, 0.4) is 0 Å². The second kappa shape index (κ2) is 9.89. The lowest BCUT2D eigenvalue weighted by molar-refractivity contribution is 0.0713. The van der Waals surface area contributed by atoms with Gasteiger partial charge in [-0.05, 0) is 54.8 Å². The van der Waals surface area contributed by atoms with E-state index in [4.69, 9.17) is 4.98 Å². The topological polar surface area (TPSA) is 70.6 Å². The average molecular weight is 506 g/mol. The fourth-order valence-electron chi connectivity index (χ4n) is 4.45. The van der Waals surface area contributed by atoms with E-state index in [2.05, 4.69) is 6.07 Å². The van der Waals surface area contributed by atoms with Crippen LogP contribution in [0.4, 0.5) is 0 Å². The van der Waals surface area contributed by atoms with E-state index in [1.807, 2.05) is 53.4 Å². The van der Waals surface area contributed by atoms with E-state index < -0.39 is 10.0 Å². The van der Waals surface area contributed by atoms with Gasteiger partial charge in [-0.1, -0.05) is 42.5 Å². The Morgan fingerprint density at radius 1 is 0.971 bits per heavy atom. The van der Waals surface area contributed by atoms with Gasteiger partial charge in [-0.15, -0.1) is 11.3 Å². The summed E-state index contributed by atoms with van der Waals surface area (Å²) in [5.74, 6) is 0.304. The van der Waals surface area contributed by atoms with Crippen molar-refractivity contribution in [3.63, 3.8) is 0 Å². The van der Waals surface area contributed by atoms with Crippen LogP contribution >= 0.6 is 11.3 Å². The summed E-state index contributed by atoms with van der Waals surface area (Å²) in [6, 6.07) is 23.9. The molecule has 4 aromatic rings. The molecule has 0 spiro atoms. The van der Waals surface area contributed by atoms with Crippen LogP contribution in [0.15, 0.2) is 83.8 Å². The number of fused-ring (bicyclic) bond motifs is 1. The van der Waals surface area contributed by atoms with E-state index in [9.17, 15) is 13.2 Å². The molecule has 35 heavy (non-hydrogen) atoms. The van der Waals surface area contributed by atoms with E-state index >= 15 is 0 Å². The quantitative estimate of drug-likeness (QED) is 0.364. The summed E-state index contributed by atoms with van der Waals surface area (Å²) in [6.45, 7) is 1.62. The van der Waals surface area contributed by atoms with Crippen molar-refractivity contribution in [2.24, 2.45) is 0 Å². The highest BCUT2D eigenvalue weighted by Gasteiger charge is 2.27. The number of para-hydroxylation sites is 1. The monoisotopic (exact) mass is 505 g/mol. The summed E-state index contributed by atoms with van der Waals surface area (Å²) < 4.78 is 28.5. The molecule has 0 atom stereocenters. The molecule has 0 N–H and O–H groups in total. The molecular formula is C27H27N3O3S2. The summed E-state index contributed by atoms with van der Waals surface area (Å²) in [5.41, 5.74) is 2.46. The Labute approximate surface area is 209 Å². The van der Waals surface area contributed by atoms with Gasteiger partial charge in [0.05, 0.1) is 20.1 Å². The smallest absolute Gasteiger partial charge is 0.253 e. The van der Waals surface area contributed by atoms with Crippen molar-refractivity contribution in [1.29, 1.82) is 0 Å². The van der Waals surface area contributed by atoms with Crippen molar-refractivity contribution in [3.05, 3.63) is 95.0 Å². The number of rotatable bonds is 6. The Bertz CT molecular complexity index is 1390. The normalized spacial score (nSPS) is 15.1. The van der Waals surface area contributed by atoms with Crippen LogP contribution in [0.2, 0.25) is 0 Å². The van der Waals surface area contributed by atoms with Crippen LogP contribution in [-0.4, -0.2) is 48.7 Å². The molecule has 0 aliphatic carbocycles. The number of nitrogens with zero attached hydrogens (tertiary/aromatic N) is 3. The molecule has 1 aliphatic heterocycles. The second-order valence-electron chi connectivity index (χ2n) is 8.86. The average Bonchev–Trinajstić information content (AvgIpc) is 3.33. The second-order valence-corrected chi connectivity index (χ2v) is 12.0. The minimum absolute atomic E-state index is 0.0608. The van der Waals surface area contributed by atoms with Gasteiger partial charge in [-0.3, -0.25) is 4.79 Å². The maximum atomic E-state index is 13.1. The lowest BCUT2D eigenvalue weighted by atomic mass is 9.97. The number of aromatic nitrogens is 1. The molecule has 0 radical (unpaired) electrons. The highest BCUT2D eigenvalue weighted by molar-refractivity contribution is 7.89. The van der Waals surface area contributed by atoms with Crippen molar-refractivity contribution >= 4 is 37.5 Å². The summed E-state index contributed by atoms with van der Waals surface area (Å²) in [7, 11) is -2.08. The lowest BCUT2D eigenvalue weighted by Gasteiger charge is -2.31. The first-order valence-electron chi connectivity index (χ1n) is 11.7. The van der Waals surface area contributed by atoms with E-state index in [0.717, 1.165) is 28.9 Å². The zero-order valence-electron chi connectivity index (χ0n) is 19.5. The predicted molar refractivity (Wildman–Crippen MR) is 139 cm³/mol. The molecule has 8 heteroatoms. The molecule has 0 saturated carbocycles. The molecule has 0 bridgehead atoms. The molecule has 1 aliphatic rings. The van der Waals surface area contributed by atoms with E-state index in [1.165, 1.54) is 21.1 Å². The van der Waals surface area contributed by atoms with Crippen LogP contribution in [0, 0.1) is 0 Å². The zero-order valence-corrected chi connectivity index (χ0v) is 21.1. The van der Waals surface area contributed by atoms with Gasteiger partial charge in [0.1, 0.15) is 0 Å². The first-order valence-corrected chi connectivity index (χ1v) is 13.9. The highest BCUT2D eigenvalue weighted by atomic mass is 32.2. The fraction of sp³-hybridized carbons (Fsp3) is 0.259. The Kier molecular flexibility index (Phi) is 6.69. The van der Waals surface area contributed by atoms with E-state index in [1.54, 1.807) is 30.5 Å². The number of piperidine rings is 1. The number of hydrogen-bond donors (Lipinski definition) is 0. The minimum Gasteiger partial charge on any atom is -0.339 e. The van der Waals surface area contributed by atoms with Gasteiger partial charge in [0.15, 0.2) is 0 Å². The Morgan fingerprint density at radius 3 is 2.31 bits per heavy atom. The number of carbonyl (C=O) groups excluding carboxylic acids is 1. The standard InChI is InChI=1S/C27H27N3O3S2/c1-29(19-20-7-3-2-4-8-20)35(32,33)23-13-11-22(12-14-23)27(31)30-17-15-21(16-18-30)26-28-24-9-5-6-10-25(24)34-26/h2-14,21H,15-19H2,1H3. The van der Waals surface area contributed by atoms with Crippen molar-refractivity contribution in [3.8, 4) is 0 Å². The van der Waals surface area contributed by atoms with Gasteiger partial charge in [0.2, 0.25) is 10.0 Å². The fourth-order valence-corrected chi connectivity index (χ4v) is 6.75. The molecule has 1 saturated heterocycles. The van der Waals surface area contributed by atoms with Crippen molar-refractivity contribution < 1.29 is 13.2 Å². The molecule has 2 heterocycles. The molecule has 1 amide bonds. The molecule has 0 unspecified atom stereocenters. The lowest BCUT2D eigenvalue weighted by Crippen LogP contribution is -2.37. The third kappa shape index (κ3) is 5.00. The number of carbonyl (C=O) groups is 1. The number of sulfonamides is 1. The van der Waals surface area contributed by atoms with Gasteiger partial charge < -0.3 is 4.90 Å². The third-order valence-corrected chi connectivity index (χ3v) is 9.52. The maximum absolute atomic E-state index is 13.1. The van der Waals surface area contributed by atoms with E-state index in [0.29, 0.717) is 24.6 Å². The van der Waals surface area contributed by atoms with E-state index in [-0.39, 0.29) is 17.3 Å². The summed E-state index contributed by atoms with van der Waals surface area (Å²) >= 11 is 1.74. The summed E-state index contributed by atoms with van der Waals surface area (Å²) in [5, 5.41) is 1.15. The Hall–Kier alpha value is -3.07. The third-order valence-electron chi connectivity index (χ3n) is 6.50. The van der Waals surface area contributed by atoms with Crippen LogP contribution in [0.25, 0.3) is 10.2 Å². The first-order chi connectivity index (χ1) is 16.9. The highest BCUT2D eigenvalue weighted by Crippen LogP contribution is 2.34. The summed E-state index contributed by atoms with van der Waals surface area (Å²) in [4.78, 5) is 19.9. The molecule has 180 valence electrons. The molecule has 3 aromatic carbocycles. The first kappa shape index (κ1) is 23.7. The van der Waals surface area contributed by atoms with Crippen LogP contribution in [0.5, 0.6) is 0 Å². The number of amides is 1. The van der Waals surface area contributed by atoms with Gasteiger partial charge in [0, 0.05) is 38.2 Å². The molecular weight excluding hydrogens is 478 g/mol. The van der Waals surface area contributed by atoms with Crippen LogP contribution in [0.1, 0.15) is 39.7 Å². The molecule has 1 aromatic heterocycles. The molecule has 5 rings (SSSR count). The maximum Gasteiger partial charge on any atom is 0.253 e. The van der Waals surface area contributed by atoms with Gasteiger partial charge in [-0.2, -0.15) is 4.31 Å². The van der Waals surface area contributed by atoms with Gasteiger partial charge >= 0.3 is 0 Å².